The zero-order valence-electron chi connectivity index (χ0n) is 19.0. The minimum Gasteiger partial charge on any atom is -0.497 e. The standard InChI is InChI=1S/C26H27NO5/c1-6-32-26(30)24-22(18(4)28)16(2)27(20-12-14-21(31-5)15-13-20)17(3)23(24)25(29)19-10-8-7-9-11-19/h7-15,24H,6H2,1-5H3. The molecule has 6 nitrogen and oxygen atoms in total. The van der Waals surface area contributed by atoms with Gasteiger partial charge in [0.05, 0.1) is 13.7 Å². The molecule has 32 heavy (non-hydrogen) atoms. The van der Waals surface area contributed by atoms with Crippen LogP contribution in [0.5, 0.6) is 5.75 Å². The molecule has 1 aliphatic heterocycles. The summed E-state index contributed by atoms with van der Waals surface area (Å²) in [6, 6.07) is 16.0. The van der Waals surface area contributed by atoms with Gasteiger partial charge >= 0.3 is 5.97 Å². The number of carbonyl (C=O) groups excluding carboxylic acids is 3. The average molecular weight is 434 g/mol. The van der Waals surface area contributed by atoms with Gasteiger partial charge in [0.2, 0.25) is 0 Å². The second-order valence-corrected chi connectivity index (χ2v) is 7.47. The molecule has 0 fully saturated rings. The molecule has 1 heterocycles. The fourth-order valence-electron chi connectivity index (χ4n) is 4.13. The molecule has 0 spiro atoms. The summed E-state index contributed by atoms with van der Waals surface area (Å²) in [6.07, 6.45) is 0. The van der Waals surface area contributed by atoms with Gasteiger partial charge in [-0.1, -0.05) is 30.3 Å². The number of anilines is 1. The normalized spacial score (nSPS) is 16.2. The fourth-order valence-corrected chi connectivity index (χ4v) is 4.13. The van der Waals surface area contributed by atoms with Crippen molar-refractivity contribution >= 4 is 23.2 Å². The Balaban J connectivity index is 2.27. The van der Waals surface area contributed by atoms with Gasteiger partial charge < -0.3 is 14.4 Å². The molecule has 0 saturated carbocycles. The third-order valence-corrected chi connectivity index (χ3v) is 5.54. The van der Waals surface area contributed by atoms with Gasteiger partial charge in [0.15, 0.2) is 11.6 Å². The van der Waals surface area contributed by atoms with Gasteiger partial charge in [-0.05, 0) is 52.0 Å². The van der Waals surface area contributed by atoms with Crippen molar-refractivity contribution < 1.29 is 23.9 Å². The summed E-state index contributed by atoms with van der Waals surface area (Å²) in [7, 11) is 1.58. The molecule has 0 N–H and O–H groups in total. The van der Waals surface area contributed by atoms with Crippen LogP contribution in [0.25, 0.3) is 0 Å². The van der Waals surface area contributed by atoms with Crippen LogP contribution in [0.3, 0.4) is 0 Å². The van der Waals surface area contributed by atoms with E-state index in [2.05, 4.69) is 0 Å². The van der Waals surface area contributed by atoms with E-state index in [-0.39, 0.29) is 29.3 Å². The largest absolute Gasteiger partial charge is 0.497 e. The lowest BCUT2D eigenvalue weighted by Gasteiger charge is -2.37. The summed E-state index contributed by atoms with van der Waals surface area (Å²) >= 11 is 0. The molecule has 2 aromatic rings. The summed E-state index contributed by atoms with van der Waals surface area (Å²) in [5.74, 6) is -1.61. The first-order valence-corrected chi connectivity index (χ1v) is 10.4. The topological polar surface area (TPSA) is 72.9 Å². The molecule has 0 saturated heterocycles. The van der Waals surface area contributed by atoms with Gasteiger partial charge in [-0.3, -0.25) is 14.4 Å². The lowest BCUT2D eigenvalue weighted by Crippen LogP contribution is -2.39. The lowest BCUT2D eigenvalue weighted by atomic mass is 9.79. The van der Waals surface area contributed by atoms with Crippen LogP contribution in [0.4, 0.5) is 5.69 Å². The first kappa shape index (κ1) is 23.0. The monoisotopic (exact) mass is 433 g/mol. The highest BCUT2D eigenvalue weighted by molar-refractivity contribution is 6.16. The first-order chi connectivity index (χ1) is 15.3. The molecule has 6 heteroatoms. The number of allylic oxidation sites excluding steroid dienone is 2. The van der Waals surface area contributed by atoms with E-state index < -0.39 is 11.9 Å². The number of ether oxygens (including phenoxy) is 2. The molecule has 0 amide bonds. The Morgan fingerprint density at radius 2 is 1.50 bits per heavy atom. The minimum absolute atomic E-state index is 0.146. The Kier molecular flexibility index (Phi) is 6.93. The molecular weight excluding hydrogens is 406 g/mol. The summed E-state index contributed by atoms with van der Waals surface area (Å²) in [5, 5.41) is 0. The van der Waals surface area contributed by atoms with Gasteiger partial charge in [0.25, 0.3) is 0 Å². The van der Waals surface area contributed by atoms with Crippen LogP contribution >= 0.6 is 0 Å². The molecule has 0 radical (unpaired) electrons. The van der Waals surface area contributed by atoms with Crippen molar-refractivity contribution in [2.75, 3.05) is 18.6 Å². The van der Waals surface area contributed by atoms with E-state index in [1.54, 1.807) is 64.3 Å². The van der Waals surface area contributed by atoms with Gasteiger partial charge in [-0.2, -0.15) is 0 Å². The van der Waals surface area contributed by atoms with Gasteiger partial charge in [0, 0.05) is 33.8 Å². The fraction of sp³-hybridized carbons (Fsp3) is 0.269. The van der Waals surface area contributed by atoms with Crippen LogP contribution in [-0.2, 0) is 14.3 Å². The highest BCUT2D eigenvalue weighted by Gasteiger charge is 2.42. The third-order valence-electron chi connectivity index (χ3n) is 5.54. The van der Waals surface area contributed by atoms with Crippen molar-refractivity contribution in [3.8, 4) is 5.75 Å². The highest BCUT2D eigenvalue weighted by Crippen LogP contribution is 2.41. The molecule has 1 atom stereocenters. The van der Waals surface area contributed by atoms with E-state index in [4.69, 9.17) is 9.47 Å². The van der Waals surface area contributed by atoms with Crippen LogP contribution in [0, 0.1) is 5.92 Å². The van der Waals surface area contributed by atoms with E-state index in [9.17, 15) is 14.4 Å². The molecule has 0 bridgehead atoms. The molecule has 1 aliphatic rings. The van der Waals surface area contributed by atoms with Crippen molar-refractivity contribution in [2.24, 2.45) is 5.92 Å². The Morgan fingerprint density at radius 1 is 0.906 bits per heavy atom. The number of ketones is 2. The summed E-state index contributed by atoms with van der Waals surface area (Å²) in [6.45, 7) is 6.81. The van der Waals surface area contributed by atoms with Crippen molar-refractivity contribution in [3.05, 3.63) is 82.7 Å². The number of esters is 1. The van der Waals surface area contributed by atoms with Crippen molar-refractivity contribution in [3.63, 3.8) is 0 Å². The van der Waals surface area contributed by atoms with Crippen LogP contribution in [0.2, 0.25) is 0 Å². The van der Waals surface area contributed by atoms with E-state index in [0.717, 1.165) is 5.69 Å². The quantitative estimate of drug-likeness (QED) is 0.465. The molecule has 3 rings (SSSR count). The zero-order chi connectivity index (χ0) is 23.4. The van der Waals surface area contributed by atoms with Crippen LogP contribution in [0.15, 0.2) is 77.1 Å². The minimum atomic E-state index is -1.09. The summed E-state index contributed by atoms with van der Waals surface area (Å²) in [4.78, 5) is 41.3. The molecule has 2 aromatic carbocycles. The van der Waals surface area contributed by atoms with Crippen LogP contribution in [-0.4, -0.2) is 31.3 Å². The zero-order valence-corrected chi connectivity index (χ0v) is 19.0. The number of methoxy groups -OCH3 is 1. The summed E-state index contributed by atoms with van der Waals surface area (Å²) in [5.41, 5.74) is 2.84. The number of Topliss-reactive ketones (excluding diaryl/α,β-unsaturated/α-hetero) is 2. The second kappa shape index (κ2) is 9.64. The average Bonchev–Trinajstić information content (AvgIpc) is 2.79. The Bertz CT molecular complexity index is 1100. The van der Waals surface area contributed by atoms with Crippen molar-refractivity contribution in [2.45, 2.75) is 27.7 Å². The number of hydrogen-bond donors (Lipinski definition) is 0. The first-order valence-electron chi connectivity index (χ1n) is 10.4. The number of hydrogen-bond acceptors (Lipinski definition) is 6. The number of benzene rings is 2. The molecule has 1 unspecified atom stereocenters. The SMILES string of the molecule is CCOC(=O)C1C(C(C)=O)=C(C)N(c2ccc(OC)cc2)C(C)=C1C(=O)c1ccccc1. The molecule has 0 aliphatic carbocycles. The number of rotatable bonds is 7. The van der Waals surface area contributed by atoms with Crippen molar-refractivity contribution in [1.82, 2.24) is 0 Å². The van der Waals surface area contributed by atoms with Crippen LogP contribution in [0.1, 0.15) is 38.1 Å². The van der Waals surface area contributed by atoms with E-state index >= 15 is 0 Å². The predicted octanol–water partition coefficient (Wildman–Crippen LogP) is 4.71. The Labute approximate surface area is 188 Å². The molecular formula is C26H27NO5. The lowest BCUT2D eigenvalue weighted by molar-refractivity contribution is -0.146. The predicted molar refractivity (Wildman–Crippen MR) is 122 cm³/mol. The van der Waals surface area contributed by atoms with Gasteiger partial charge in [-0.15, -0.1) is 0 Å². The Morgan fingerprint density at radius 3 is 2.03 bits per heavy atom. The van der Waals surface area contributed by atoms with Crippen molar-refractivity contribution in [1.29, 1.82) is 0 Å². The maximum Gasteiger partial charge on any atom is 0.318 e. The Hall–Kier alpha value is -3.67. The molecule has 166 valence electrons. The van der Waals surface area contributed by atoms with Gasteiger partial charge in [0.1, 0.15) is 11.7 Å². The maximum atomic E-state index is 13.6. The van der Waals surface area contributed by atoms with E-state index in [1.165, 1.54) is 6.92 Å². The third kappa shape index (κ3) is 4.21. The second-order valence-electron chi connectivity index (χ2n) is 7.47. The number of carbonyl (C=O) groups is 3. The summed E-state index contributed by atoms with van der Waals surface area (Å²) < 4.78 is 10.5. The van der Waals surface area contributed by atoms with E-state index in [1.807, 2.05) is 23.1 Å². The van der Waals surface area contributed by atoms with Gasteiger partial charge in [-0.25, -0.2) is 0 Å². The molecule has 0 aromatic heterocycles. The maximum absolute atomic E-state index is 13.6. The van der Waals surface area contributed by atoms with Crippen LogP contribution < -0.4 is 9.64 Å². The van der Waals surface area contributed by atoms with E-state index in [0.29, 0.717) is 22.7 Å². The smallest absolute Gasteiger partial charge is 0.318 e. The highest BCUT2D eigenvalue weighted by atomic mass is 16.5. The number of nitrogens with zero attached hydrogens (tertiary/aromatic N) is 1.